The Kier molecular flexibility index (Phi) is 4.72. The molecular formula is C14H9Cl3N2O. The van der Waals surface area contributed by atoms with Crippen LogP contribution in [0.15, 0.2) is 24.3 Å². The Labute approximate surface area is 131 Å². The second-order valence-electron chi connectivity index (χ2n) is 3.90. The van der Waals surface area contributed by atoms with Crippen molar-refractivity contribution < 1.29 is 4.74 Å². The molecule has 0 aliphatic rings. The Morgan fingerprint density at radius 1 is 1.15 bits per heavy atom. The fourth-order valence-electron chi connectivity index (χ4n) is 1.81. The molecule has 1 aromatic heterocycles. The number of halogens is 3. The highest BCUT2D eigenvalue weighted by molar-refractivity contribution is 6.46. The first kappa shape index (κ1) is 14.9. The summed E-state index contributed by atoms with van der Waals surface area (Å²) in [7, 11) is 1.51. The molecule has 0 fully saturated rings. The molecule has 0 bridgehead atoms. The third-order valence-electron chi connectivity index (χ3n) is 2.72. The van der Waals surface area contributed by atoms with Crippen molar-refractivity contribution in [2.45, 2.75) is 6.42 Å². The number of rotatable bonds is 3. The van der Waals surface area contributed by atoms with Crippen LogP contribution in [0.3, 0.4) is 0 Å². The van der Waals surface area contributed by atoms with E-state index in [4.69, 9.17) is 44.8 Å². The lowest BCUT2D eigenvalue weighted by Gasteiger charge is -2.12. The van der Waals surface area contributed by atoms with Crippen LogP contribution >= 0.6 is 34.8 Å². The summed E-state index contributed by atoms with van der Waals surface area (Å²) in [6, 6.07) is 8.79. The summed E-state index contributed by atoms with van der Waals surface area (Å²) in [5.41, 5.74) is 1.78. The monoisotopic (exact) mass is 326 g/mol. The van der Waals surface area contributed by atoms with Gasteiger partial charge in [0.15, 0.2) is 0 Å². The highest BCUT2D eigenvalue weighted by Gasteiger charge is 2.16. The van der Waals surface area contributed by atoms with Crippen LogP contribution in [0.4, 0.5) is 0 Å². The van der Waals surface area contributed by atoms with E-state index in [0.29, 0.717) is 37.8 Å². The Morgan fingerprint density at radius 3 is 2.50 bits per heavy atom. The van der Waals surface area contributed by atoms with Crippen LogP contribution in [0.25, 0.3) is 11.1 Å². The van der Waals surface area contributed by atoms with Crippen molar-refractivity contribution in [2.75, 3.05) is 7.11 Å². The summed E-state index contributed by atoms with van der Waals surface area (Å²) < 4.78 is 5.06. The average Bonchev–Trinajstić information content (AvgIpc) is 2.45. The van der Waals surface area contributed by atoms with Gasteiger partial charge in [0.1, 0.15) is 0 Å². The lowest BCUT2D eigenvalue weighted by atomic mass is 10.0. The molecule has 0 aliphatic heterocycles. The maximum absolute atomic E-state index is 8.92. The molecular weight excluding hydrogens is 319 g/mol. The van der Waals surface area contributed by atoms with Crippen molar-refractivity contribution in [3.63, 3.8) is 0 Å². The van der Waals surface area contributed by atoms with E-state index in [1.165, 1.54) is 7.11 Å². The SMILES string of the molecule is COc1ccc(-c2c(Cl)ccc(Cl)c2Cl)c(CC#N)n1. The highest BCUT2D eigenvalue weighted by atomic mass is 35.5. The fraction of sp³-hybridized carbons (Fsp3) is 0.143. The molecule has 0 amide bonds. The molecule has 0 aliphatic carbocycles. The Balaban J connectivity index is 2.70. The van der Waals surface area contributed by atoms with Crippen molar-refractivity contribution in [3.05, 3.63) is 45.0 Å². The molecule has 0 saturated carbocycles. The quantitative estimate of drug-likeness (QED) is 0.762. The fourth-order valence-corrected chi connectivity index (χ4v) is 2.54. The number of aromatic nitrogens is 1. The largest absolute Gasteiger partial charge is 0.481 e. The smallest absolute Gasteiger partial charge is 0.213 e. The van der Waals surface area contributed by atoms with E-state index < -0.39 is 0 Å². The third-order valence-corrected chi connectivity index (χ3v) is 3.84. The number of benzene rings is 1. The van der Waals surface area contributed by atoms with Gasteiger partial charge in [-0.3, -0.25) is 0 Å². The zero-order valence-corrected chi connectivity index (χ0v) is 12.7. The van der Waals surface area contributed by atoms with E-state index in [2.05, 4.69) is 11.1 Å². The molecule has 1 heterocycles. The molecule has 102 valence electrons. The minimum atomic E-state index is 0.117. The molecule has 0 radical (unpaired) electrons. The average molecular weight is 328 g/mol. The normalized spacial score (nSPS) is 10.2. The van der Waals surface area contributed by atoms with Gasteiger partial charge in [-0.25, -0.2) is 4.98 Å². The Morgan fingerprint density at radius 2 is 1.85 bits per heavy atom. The molecule has 0 saturated heterocycles. The predicted molar refractivity (Wildman–Crippen MR) is 80.6 cm³/mol. The second-order valence-corrected chi connectivity index (χ2v) is 5.09. The molecule has 2 rings (SSSR count). The summed E-state index contributed by atoms with van der Waals surface area (Å²) >= 11 is 18.4. The highest BCUT2D eigenvalue weighted by Crippen LogP contribution is 2.40. The minimum absolute atomic E-state index is 0.117. The summed E-state index contributed by atoms with van der Waals surface area (Å²) in [6.07, 6.45) is 0.117. The lowest BCUT2D eigenvalue weighted by molar-refractivity contribution is 0.397. The van der Waals surface area contributed by atoms with E-state index >= 15 is 0 Å². The molecule has 1 aromatic carbocycles. The first-order valence-electron chi connectivity index (χ1n) is 5.63. The predicted octanol–water partition coefficient (Wildman–Crippen LogP) is 4.78. The van der Waals surface area contributed by atoms with Crippen LogP contribution in [0.1, 0.15) is 5.69 Å². The van der Waals surface area contributed by atoms with Crippen LogP contribution in [0.5, 0.6) is 5.88 Å². The van der Waals surface area contributed by atoms with Gasteiger partial charge in [0, 0.05) is 17.2 Å². The van der Waals surface area contributed by atoms with Gasteiger partial charge < -0.3 is 4.74 Å². The second kappa shape index (κ2) is 6.32. The maximum Gasteiger partial charge on any atom is 0.213 e. The Bertz CT molecular complexity index is 696. The standard InChI is InChI=1S/C14H9Cl3N2O/c1-20-12-5-2-8(11(19-12)6-7-18)13-9(15)3-4-10(16)14(13)17/h2-5H,6H2,1H3. The molecule has 0 atom stereocenters. The van der Waals surface area contributed by atoms with Crippen molar-refractivity contribution in [1.82, 2.24) is 4.98 Å². The molecule has 0 N–H and O–H groups in total. The van der Waals surface area contributed by atoms with Gasteiger partial charge in [-0.1, -0.05) is 34.8 Å². The van der Waals surface area contributed by atoms with Crippen LogP contribution in [0, 0.1) is 11.3 Å². The van der Waals surface area contributed by atoms with Gasteiger partial charge in [-0.2, -0.15) is 5.26 Å². The van der Waals surface area contributed by atoms with Crippen LogP contribution in [-0.4, -0.2) is 12.1 Å². The first-order chi connectivity index (χ1) is 9.58. The van der Waals surface area contributed by atoms with Gasteiger partial charge >= 0.3 is 0 Å². The summed E-state index contributed by atoms with van der Waals surface area (Å²) in [5, 5.41) is 10.1. The zero-order valence-electron chi connectivity index (χ0n) is 10.5. The summed E-state index contributed by atoms with van der Waals surface area (Å²) in [6.45, 7) is 0. The minimum Gasteiger partial charge on any atom is -0.481 e. The third kappa shape index (κ3) is 2.83. The number of ether oxygens (including phenoxy) is 1. The molecule has 6 heteroatoms. The van der Waals surface area contributed by atoms with Gasteiger partial charge in [0.25, 0.3) is 0 Å². The van der Waals surface area contributed by atoms with Crippen molar-refractivity contribution in [3.8, 4) is 23.1 Å². The molecule has 2 aromatic rings. The van der Waals surface area contributed by atoms with Crippen LogP contribution < -0.4 is 4.74 Å². The number of hydrogen-bond donors (Lipinski definition) is 0. The molecule has 0 spiro atoms. The van der Waals surface area contributed by atoms with Gasteiger partial charge in [-0.05, 0) is 18.2 Å². The number of methoxy groups -OCH3 is 1. The maximum atomic E-state index is 8.92. The van der Waals surface area contributed by atoms with Gasteiger partial charge in [0.05, 0.1) is 40.4 Å². The van der Waals surface area contributed by atoms with E-state index in [1.54, 1.807) is 24.3 Å². The van der Waals surface area contributed by atoms with Crippen LogP contribution in [0.2, 0.25) is 15.1 Å². The lowest BCUT2D eigenvalue weighted by Crippen LogP contribution is -1.97. The van der Waals surface area contributed by atoms with E-state index in [0.717, 1.165) is 0 Å². The summed E-state index contributed by atoms with van der Waals surface area (Å²) in [5.74, 6) is 0.424. The first-order valence-corrected chi connectivity index (χ1v) is 6.76. The molecule has 3 nitrogen and oxygen atoms in total. The number of nitrogens with zero attached hydrogens (tertiary/aromatic N) is 2. The number of hydrogen-bond acceptors (Lipinski definition) is 3. The zero-order chi connectivity index (χ0) is 14.7. The Hall–Kier alpha value is -1.47. The number of nitriles is 1. The van der Waals surface area contributed by atoms with Crippen molar-refractivity contribution in [2.24, 2.45) is 0 Å². The van der Waals surface area contributed by atoms with Crippen molar-refractivity contribution >= 4 is 34.8 Å². The molecule has 0 unspecified atom stereocenters. The van der Waals surface area contributed by atoms with E-state index in [1.807, 2.05) is 0 Å². The van der Waals surface area contributed by atoms with E-state index in [-0.39, 0.29) is 6.42 Å². The van der Waals surface area contributed by atoms with Crippen LogP contribution in [-0.2, 0) is 6.42 Å². The topological polar surface area (TPSA) is 45.9 Å². The van der Waals surface area contributed by atoms with Crippen molar-refractivity contribution in [1.29, 1.82) is 5.26 Å². The molecule has 20 heavy (non-hydrogen) atoms. The van der Waals surface area contributed by atoms with Gasteiger partial charge in [-0.15, -0.1) is 0 Å². The summed E-state index contributed by atoms with van der Waals surface area (Å²) in [4.78, 5) is 4.26. The van der Waals surface area contributed by atoms with Gasteiger partial charge in [0.2, 0.25) is 5.88 Å². The number of pyridine rings is 1. The van der Waals surface area contributed by atoms with E-state index in [9.17, 15) is 0 Å².